The van der Waals surface area contributed by atoms with Crippen LogP contribution in [0.2, 0.25) is 0 Å². The second kappa shape index (κ2) is 15.8. The number of phenols is 1. The van der Waals surface area contributed by atoms with Crippen molar-refractivity contribution in [3.8, 4) is 11.5 Å². The van der Waals surface area contributed by atoms with E-state index in [-0.39, 0.29) is 23.1 Å². The number of rotatable bonds is 3. The molecule has 2 aromatic carbocycles. The maximum Gasteiger partial charge on any atom is 0.573 e. The van der Waals surface area contributed by atoms with Crippen molar-refractivity contribution in [1.82, 2.24) is 0 Å². The van der Waals surface area contributed by atoms with Crippen molar-refractivity contribution in [3.63, 3.8) is 0 Å². The van der Waals surface area contributed by atoms with Crippen LogP contribution in [0, 0.1) is 0 Å². The van der Waals surface area contributed by atoms with E-state index in [1.54, 1.807) is 18.2 Å². The smallest absolute Gasteiger partial charge is 0.508 e. The van der Waals surface area contributed by atoms with E-state index >= 15 is 0 Å². The van der Waals surface area contributed by atoms with E-state index in [1.165, 1.54) is 18.2 Å². The lowest BCUT2D eigenvalue weighted by Crippen LogP contribution is -2.34. The number of ketones is 2. The third-order valence-corrected chi connectivity index (χ3v) is 8.01. The van der Waals surface area contributed by atoms with Crippen molar-refractivity contribution in [1.29, 1.82) is 0 Å². The Morgan fingerprint density at radius 1 is 0.652 bits per heavy atom. The zero-order valence-corrected chi connectivity index (χ0v) is 24.8. The van der Waals surface area contributed by atoms with Gasteiger partial charge in [-0.1, -0.05) is 0 Å². The van der Waals surface area contributed by atoms with Gasteiger partial charge in [0, 0.05) is 24.0 Å². The molecule has 0 spiro atoms. The van der Waals surface area contributed by atoms with E-state index in [0.29, 0.717) is 36.8 Å². The quantitative estimate of drug-likeness (QED) is 0.330. The van der Waals surface area contributed by atoms with Crippen LogP contribution in [-0.2, 0) is 48.3 Å². The fraction of sp³-hybridized carbons (Fsp3) is 0.391. The molecule has 2 aliphatic carbocycles. The number of alkyl halides is 9. The number of aryl methyl sites for hydroxylation is 2. The zero-order valence-electron chi connectivity index (χ0n) is 22.4. The molecule has 4 rings (SSSR count). The van der Waals surface area contributed by atoms with E-state index in [9.17, 15) is 65.9 Å². The van der Waals surface area contributed by atoms with Gasteiger partial charge in [-0.25, -0.2) is 0 Å². The fourth-order valence-corrected chi connectivity index (χ4v) is 5.21. The minimum atomic E-state index is -6.85. The van der Waals surface area contributed by atoms with Crippen LogP contribution in [0.15, 0.2) is 36.4 Å². The average Bonchev–Trinajstić information content (AvgIpc) is 2.87. The molecule has 11 nitrogen and oxygen atoms in total. The van der Waals surface area contributed by atoms with Gasteiger partial charge in [-0.15, -0.1) is 16.8 Å². The van der Waals surface area contributed by atoms with Gasteiger partial charge in [0.05, 0.1) is 0 Å². The van der Waals surface area contributed by atoms with Gasteiger partial charge < -0.3 is 9.84 Å². The molecule has 0 saturated heterocycles. The Bertz CT molecular complexity index is 1620. The highest BCUT2D eigenvalue weighted by Crippen LogP contribution is 2.32. The van der Waals surface area contributed by atoms with Crippen LogP contribution in [0.4, 0.5) is 39.5 Å². The van der Waals surface area contributed by atoms with Crippen molar-refractivity contribution in [2.75, 3.05) is 0 Å². The van der Waals surface area contributed by atoms with Crippen LogP contribution in [0.5, 0.6) is 11.5 Å². The molecule has 2 aliphatic rings. The summed E-state index contributed by atoms with van der Waals surface area (Å²) < 4.78 is 166. The van der Waals surface area contributed by atoms with Crippen molar-refractivity contribution >= 4 is 43.4 Å². The number of carbonyl (C=O) groups excluding carboxylic acids is 2. The summed E-state index contributed by atoms with van der Waals surface area (Å²) in [5.41, 5.74) is -9.58. The second-order valence-corrected chi connectivity index (χ2v) is 12.1. The van der Waals surface area contributed by atoms with E-state index in [0.717, 1.165) is 24.0 Å². The van der Waals surface area contributed by atoms with Gasteiger partial charge in [0.1, 0.15) is 11.5 Å². The number of fused-ring (bicyclic) bond motifs is 2. The van der Waals surface area contributed by atoms with Gasteiger partial charge in [-0.2, -0.15) is 51.6 Å². The Labute approximate surface area is 257 Å². The number of Topliss-reactive ketones (excluding diaryl/α,β-unsaturated/α-hetero) is 2. The number of phenolic OH excluding ortho intramolecular Hbond substituents is 1. The number of benzene rings is 2. The van der Waals surface area contributed by atoms with E-state index in [4.69, 9.17) is 13.5 Å². The van der Waals surface area contributed by atoms with Gasteiger partial charge in [-0.05, 0) is 73.2 Å². The maximum absolute atomic E-state index is 12.0. The lowest BCUT2D eigenvalue weighted by molar-refractivity contribution is -0.274. The van der Waals surface area contributed by atoms with Gasteiger partial charge in [0.15, 0.2) is 11.6 Å². The van der Waals surface area contributed by atoms with E-state index < -0.39 is 49.2 Å². The molecule has 0 amide bonds. The summed E-state index contributed by atoms with van der Waals surface area (Å²) in [6.45, 7) is 0. The lowest BCUT2D eigenvalue weighted by Gasteiger charge is -2.16. The number of hydrogen-bond acceptors (Lipinski definition) is 11. The predicted octanol–water partition coefficient (Wildman–Crippen LogP) is 5.05. The van der Waals surface area contributed by atoms with Crippen molar-refractivity contribution in [2.24, 2.45) is 0 Å². The molecule has 258 valence electrons. The van der Waals surface area contributed by atoms with Gasteiger partial charge in [-0.3, -0.25) is 9.59 Å². The topological polar surface area (TPSA) is 175 Å². The number of carbonyl (C=O) groups is 2. The molecule has 0 saturated carbocycles. The molecule has 2 aromatic rings. The first-order valence-electron chi connectivity index (χ1n) is 11.9. The highest BCUT2D eigenvalue weighted by Gasteiger charge is 2.57. The lowest BCUT2D eigenvalue weighted by atomic mass is 9.91. The van der Waals surface area contributed by atoms with Crippen LogP contribution in [0.25, 0.3) is 0 Å². The first kappa shape index (κ1) is 40.5. The molecule has 0 heterocycles. The summed E-state index contributed by atoms with van der Waals surface area (Å²) in [6.07, 6.45) is -0.445. The predicted molar refractivity (Wildman–Crippen MR) is 136 cm³/mol. The van der Waals surface area contributed by atoms with E-state index in [2.05, 4.69) is 4.74 Å². The highest BCUT2D eigenvalue weighted by atomic mass is 32.3. The average molecular weight is 739 g/mol. The number of halogens is 9. The third-order valence-electron chi connectivity index (χ3n) is 5.45. The first-order chi connectivity index (χ1) is 20.8. The Balaban J connectivity index is 0.000000333. The molecule has 0 atom stereocenters. The van der Waals surface area contributed by atoms with Crippen LogP contribution in [0.1, 0.15) is 57.5 Å². The normalized spacial score (nSPS) is 14.9. The number of ether oxygens (including phenoxy) is 1. The summed E-state index contributed by atoms with van der Waals surface area (Å²) in [6, 6.07) is 8.84. The molecule has 1 N–H and O–H groups in total. The Kier molecular flexibility index (Phi) is 13.9. The molecule has 0 radical (unpaired) electrons. The first-order valence-corrected chi connectivity index (χ1v) is 15.4. The Hall–Kier alpha value is -3.57. The molecule has 23 heteroatoms. The molecule has 46 heavy (non-hydrogen) atoms. The summed E-state index contributed by atoms with van der Waals surface area (Å²) in [7, 11) is -13.7. The molecular formula is C23H19F9O11S3. The molecule has 0 fully saturated rings. The van der Waals surface area contributed by atoms with Crippen molar-refractivity contribution < 1.29 is 87.8 Å². The molecule has 0 aromatic heterocycles. The van der Waals surface area contributed by atoms with Crippen molar-refractivity contribution in [3.05, 3.63) is 58.7 Å². The standard InChI is InChI=1S/C11H9F3O2.C10H10O2.C2F6O5S2.O2S/c12-11(13,14)16-8-4-5-9-7(6-8)2-1-3-10(9)15;11-8-4-5-9-7(6-8)2-1-3-10(9)12;3-1(4,5)14(9,10)13-15(11,12)2(6,7)8;1-3-2/h4-6H,1-3H2;4-6,11H,1-3H2;;. The molecule has 0 aliphatic heterocycles. The summed E-state index contributed by atoms with van der Waals surface area (Å²) >= 11 is -0.750. The van der Waals surface area contributed by atoms with Gasteiger partial charge >= 0.3 is 49.2 Å². The number of aromatic hydroxyl groups is 1. The Morgan fingerprint density at radius 2 is 1.04 bits per heavy atom. The monoisotopic (exact) mass is 738 g/mol. The zero-order chi connectivity index (χ0) is 35.7. The maximum atomic E-state index is 12.0. The van der Waals surface area contributed by atoms with Crippen molar-refractivity contribution in [2.45, 2.75) is 55.9 Å². The molecule has 0 bridgehead atoms. The molecular weight excluding hydrogens is 719 g/mol. The highest BCUT2D eigenvalue weighted by molar-refractivity contribution is 8.00. The number of hydrogen-bond donors (Lipinski definition) is 1. The van der Waals surface area contributed by atoms with Crippen LogP contribution < -0.4 is 4.74 Å². The van der Waals surface area contributed by atoms with E-state index in [1.807, 2.05) is 3.63 Å². The van der Waals surface area contributed by atoms with Gasteiger partial charge in [0.25, 0.3) is 0 Å². The minimum absolute atomic E-state index is 0.0141. The summed E-state index contributed by atoms with van der Waals surface area (Å²) in [5.74, 6) is 0.181. The fourth-order valence-electron chi connectivity index (χ4n) is 3.65. The van der Waals surface area contributed by atoms with Crippen LogP contribution >= 0.6 is 0 Å². The SMILES string of the molecule is O=C1CCCc2cc(O)ccc21.O=C1CCCc2cc(OC(F)(F)F)ccc21.O=S(=O)(OS(=O)(=O)C(F)(F)F)C(F)(F)F.O=S=O. The minimum Gasteiger partial charge on any atom is -0.508 e. The summed E-state index contributed by atoms with van der Waals surface area (Å²) in [5, 5.41) is 9.16. The third kappa shape index (κ3) is 12.3. The molecule has 0 unspecified atom stereocenters. The largest absolute Gasteiger partial charge is 0.573 e. The second-order valence-electron chi connectivity index (χ2n) is 8.70. The summed E-state index contributed by atoms with van der Waals surface area (Å²) in [4.78, 5) is 22.7. The van der Waals surface area contributed by atoms with Gasteiger partial charge in [0.2, 0.25) is 0 Å². The van der Waals surface area contributed by atoms with Crippen LogP contribution in [0.3, 0.4) is 0 Å². The van der Waals surface area contributed by atoms with Crippen LogP contribution in [-0.4, -0.2) is 59.3 Å². The Morgan fingerprint density at radius 3 is 1.43 bits per heavy atom.